The van der Waals surface area contributed by atoms with E-state index >= 15 is 0 Å². The van der Waals surface area contributed by atoms with E-state index in [1.807, 2.05) is 54.4 Å². The van der Waals surface area contributed by atoms with Gasteiger partial charge in [-0.25, -0.2) is 4.79 Å². The van der Waals surface area contributed by atoms with Crippen LogP contribution in [0.5, 0.6) is 0 Å². The maximum atomic E-state index is 12.5. The molecule has 1 saturated heterocycles. The molecule has 1 fully saturated rings. The van der Waals surface area contributed by atoms with Gasteiger partial charge in [-0.05, 0) is 43.3 Å². The highest BCUT2D eigenvalue weighted by Gasteiger charge is 2.31. The van der Waals surface area contributed by atoms with Crippen LogP contribution in [0.15, 0.2) is 42.5 Å². The molecule has 0 radical (unpaired) electrons. The van der Waals surface area contributed by atoms with Gasteiger partial charge in [-0.1, -0.05) is 30.3 Å². The topological polar surface area (TPSA) is 94.7 Å². The van der Waals surface area contributed by atoms with Gasteiger partial charge >= 0.3 is 12.0 Å². The molecule has 29 heavy (non-hydrogen) atoms. The van der Waals surface area contributed by atoms with Crippen LogP contribution >= 0.6 is 0 Å². The number of amides is 2. The van der Waals surface area contributed by atoms with Gasteiger partial charge in [0.05, 0.1) is 19.7 Å². The van der Waals surface area contributed by atoms with E-state index in [2.05, 4.69) is 32.9 Å². The molecule has 8 nitrogen and oxygen atoms in total. The van der Waals surface area contributed by atoms with Crippen LogP contribution in [0.2, 0.25) is 0 Å². The van der Waals surface area contributed by atoms with E-state index in [4.69, 9.17) is 0 Å². The minimum Gasteiger partial charge on any atom is -0.469 e. The van der Waals surface area contributed by atoms with Crippen LogP contribution in [0.3, 0.4) is 0 Å². The van der Waals surface area contributed by atoms with Crippen LogP contribution in [0, 0.1) is 0 Å². The lowest BCUT2D eigenvalue weighted by Crippen LogP contribution is -2.68. The molecule has 156 valence electrons. The standard InChI is InChI=1S/C21H29N5O3/c1-14-12-18(22-11-10-19(27)29-3)26(2)20(23-14)25-21(28)24-17-9-8-15-6-4-5-7-16(15)13-17/h4-9,13-14,18,20,22-23H,10-12H2,1-3H3,(H2,24,25,28). The molecule has 0 aliphatic carbocycles. The quantitative estimate of drug-likeness (QED) is 0.556. The fraction of sp³-hybridized carbons (Fsp3) is 0.429. The van der Waals surface area contributed by atoms with E-state index in [1.54, 1.807) is 0 Å². The van der Waals surface area contributed by atoms with Gasteiger partial charge in [0.1, 0.15) is 6.29 Å². The third kappa shape index (κ3) is 5.66. The molecule has 1 aliphatic rings. The Morgan fingerprint density at radius 3 is 2.72 bits per heavy atom. The Morgan fingerprint density at radius 1 is 1.21 bits per heavy atom. The Labute approximate surface area is 171 Å². The van der Waals surface area contributed by atoms with Gasteiger partial charge in [0.15, 0.2) is 0 Å². The van der Waals surface area contributed by atoms with Crippen molar-refractivity contribution in [3.05, 3.63) is 42.5 Å². The van der Waals surface area contributed by atoms with Crippen LogP contribution in [-0.2, 0) is 9.53 Å². The zero-order chi connectivity index (χ0) is 20.8. The molecule has 1 heterocycles. The number of benzene rings is 2. The fourth-order valence-electron chi connectivity index (χ4n) is 3.51. The number of nitrogens with one attached hydrogen (secondary N) is 4. The lowest BCUT2D eigenvalue weighted by atomic mass is 10.1. The number of esters is 1. The van der Waals surface area contributed by atoms with Crippen molar-refractivity contribution < 1.29 is 14.3 Å². The third-order valence-corrected chi connectivity index (χ3v) is 5.13. The second-order valence-electron chi connectivity index (χ2n) is 7.33. The molecule has 2 aromatic rings. The predicted octanol–water partition coefficient (Wildman–Crippen LogP) is 2.04. The van der Waals surface area contributed by atoms with Crippen molar-refractivity contribution in [2.24, 2.45) is 0 Å². The molecule has 3 rings (SSSR count). The summed E-state index contributed by atoms with van der Waals surface area (Å²) >= 11 is 0. The summed E-state index contributed by atoms with van der Waals surface area (Å²) in [6.45, 7) is 2.59. The molecule has 3 atom stereocenters. The van der Waals surface area contributed by atoms with Gasteiger partial charge in [0.2, 0.25) is 0 Å². The number of carbonyl (C=O) groups is 2. The molecule has 3 unspecified atom stereocenters. The van der Waals surface area contributed by atoms with Gasteiger partial charge in [0, 0.05) is 18.3 Å². The molecular weight excluding hydrogens is 370 g/mol. The van der Waals surface area contributed by atoms with E-state index < -0.39 is 0 Å². The number of hydrogen-bond acceptors (Lipinski definition) is 6. The Bertz CT molecular complexity index is 859. The van der Waals surface area contributed by atoms with E-state index in [-0.39, 0.29) is 30.5 Å². The monoisotopic (exact) mass is 399 g/mol. The highest BCUT2D eigenvalue weighted by Crippen LogP contribution is 2.19. The van der Waals surface area contributed by atoms with Gasteiger partial charge in [-0.15, -0.1) is 0 Å². The number of anilines is 1. The number of hydrogen-bond donors (Lipinski definition) is 4. The number of rotatable bonds is 6. The van der Waals surface area contributed by atoms with Gasteiger partial charge in [-0.3, -0.25) is 15.0 Å². The van der Waals surface area contributed by atoms with Crippen LogP contribution < -0.4 is 21.3 Å². The normalized spacial score (nSPS) is 22.2. The molecule has 8 heteroatoms. The molecule has 0 aromatic heterocycles. The minimum absolute atomic E-state index is 0.0295. The average molecular weight is 399 g/mol. The Hall–Kier alpha value is -2.68. The molecule has 4 N–H and O–H groups in total. The number of carbonyl (C=O) groups excluding carboxylic acids is 2. The lowest BCUT2D eigenvalue weighted by molar-refractivity contribution is -0.140. The first-order valence-corrected chi connectivity index (χ1v) is 9.81. The molecule has 0 bridgehead atoms. The first kappa shape index (κ1) is 21.0. The summed E-state index contributed by atoms with van der Waals surface area (Å²) in [7, 11) is 3.31. The van der Waals surface area contributed by atoms with Gasteiger partial charge in [-0.2, -0.15) is 0 Å². The number of fused-ring (bicyclic) bond motifs is 1. The molecule has 1 aliphatic heterocycles. The summed E-state index contributed by atoms with van der Waals surface area (Å²) in [5.41, 5.74) is 0.737. The van der Waals surface area contributed by atoms with E-state index in [0.29, 0.717) is 13.0 Å². The zero-order valence-electron chi connectivity index (χ0n) is 17.1. The van der Waals surface area contributed by atoms with Gasteiger partial charge in [0.25, 0.3) is 0 Å². The van der Waals surface area contributed by atoms with Gasteiger partial charge < -0.3 is 20.7 Å². The molecule has 2 aromatic carbocycles. The minimum atomic E-state index is -0.338. The predicted molar refractivity (Wildman–Crippen MR) is 113 cm³/mol. The fourth-order valence-corrected chi connectivity index (χ4v) is 3.51. The third-order valence-electron chi connectivity index (χ3n) is 5.13. The number of nitrogens with zero attached hydrogens (tertiary/aromatic N) is 1. The number of methoxy groups -OCH3 is 1. The average Bonchev–Trinajstić information content (AvgIpc) is 2.71. The lowest BCUT2D eigenvalue weighted by Gasteiger charge is -2.43. The van der Waals surface area contributed by atoms with Crippen LogP contribution in [-0.4, -0.2) is 56.1 Å². The molecular formula is C21H29N5O3. The Morgan fingerprint density at radius 2 is 1.97 bits per heavy atom. The number of ether oxygens (including phenoxy) is 1. The van der Waals surface area contributed by atoms with Crippen molar-refractivity contribution in [3.8, 4) is 0 Å². The maximum absolute atomic E-state index is 12.5. The summed E-state index contributed by atoms with van der Waals surface area (Å²) < 4.78 is 4.67. The van der Waals surface area contributed by atoms with E-state index in [1.165, 1.54) is 7.11 Å². The summed E-state index contributed by atoms with van der Waals surface area (Å²) in [5, 5.41) is 14.8. The number of urea groups is 1. The van der Waals surface area contributed by atoms with Crippen molar-refractivity contribution in [2.45, 2.75) is 38.3 Å². The second-order valence-corrected chi connectivity index (χ2v) is 7.33. The first-order valence-electron chi connectivity index (χ1n) is 9.81. The maximum Gasteiger partial charge on any atom is 0.321 e. The van der Waals surface area contributed by atoms with E-state index in [0.717, 1.165) is 22.9 Å². The van der Waals surface area contributed by atoms with Crippen molar-refractivity contribution in [1.82, 2.24) is 20.9 Å². The highest BCUT2D eigenvalue weighted by molar-refractivity contribution is 5.93. The Kier molecular flexibility index (Phi) is 7.03. The molecule has 2 amide bonds. The Balaban J connectivity index is 1.56. The summed E-state index contributed by atoms with van der Waals surface area (Å²) in [6.07, 6.45) is 0.849. The summed E-state index contributed by atoms with van der Waals surface area (Å²) in [4.78, 5) is 25.9. The summed E-state index contributed by atoms with van der Waals surface area (Å²) in [6, 6.07) is 13.8. The van der Waals surface area contributed by atoms with Crippen LogP contribution in [0.25, 0.3) is 10.8 Å². The molecule has 0 saturated carbocycles. The highest BCUT2D eigenvalue weighted by atomic mass is 16.5. The smallest absolute Gasteiger partial charge is 0.321 e. The molecule has 0 spiro atoms. The van der Waals surface area contributed by atoms with Crippen molar-refractivity contribution in [3.63, 3.8) is 0 Å². The summed E-state index contributed by atoms with van der Waals surface area (Å²) in [5.74, 6) is -0.244. The van der Waals surface area contributed by atoms with E-state index in [9.17, 15) is 9.59 Å². The van der Waals surface area contributed by atoms with Crippen molar-refractivity contribution >= 4 is 28.5 Å². The van der Waals surface area contributed by atoms with Crippen molar-refractivity contribution in [1.29, 1.82) is 0 Å². The van der Waals surface area contributed by atoms with Crippen LogP contribution in [0.1, 0.15) is 19.8 Å². The van der Waals surface area contributed by atoms with Crippen LogP contribution in [0.4, 0.5) is 10.5 Å². The SMILES string of the molecule is COC(=O)CCNC1CC(C)NC(NC(=O)Nc2ccc3ccccc3c2)N1C. The second kappa shape index (κ2) is 9.69. The zero-order valence-corrected chi connectivity index (χ0v) is 17.1. The first-order chi connectivity index (χ1) is 14.0. The van der Waals surface area contributed by atoms with Crippen molar-refractivity contribution in [2.75, 3.05) is 26.0 Å². The largest absolute Gasteiger partial charge is 0.469 e.